The van der Waals surface area contributed by atoms with Gasteiger partial charge in [-0.2, -0.15) is 0 Å². The maximum absolute atomic E-state index is 11.4. The van der Waals surface area contributed by atoms with E-state index in [0.29, 0.717) is 5.41 Å². The summed E-state index contributed by atoms with van der Waals surface area (Å²) in [5, 5.41) is 5.13. The average Bonchev–Trinajstić information content (AvgIpc) is 2.36. The van der Waals surface area contributed by atoms with Gasteiger partial charge in [-0.25, -0.2) is 13.6 Å². The number of primary sulfonamides is 1. The van der Waals surface area contributed by atoms with Crippen LogP contribution in [0.4, 0.5) is 11.4 Å². The topological polar surface area (TPSA) is 89.4 Å². The normalized spacial score (nSPS) is 18.0. The van der Waals surface area contributed by atoms with Gasteiger partial charge in [0.15, 0.2) is 0 Å². The number of hydrogen-bond donors (Lipinski definition) is 2. The van der Waals surface area contributed by atoms with Crippen molar-refractivity contribution in [2.75, 3.05) is 23.7 Å². The molecule has 0 unspecified atom stereocenters. The predicted octanol–water partition coefficient (Wildman–Crippen LogP) is 2.18. The number of rotatable bonds is 2. The van der Waals surface area contributed by atoms with Crippen molar-refractivity contribution in [3.63, 3.8) is 0 Å². The molecule has 0 saturated carbocycles. The lowest BCUT2D eigenvalue weighted by Crippen LogP contribution is -2.38. The second-order valence-electron chi connectivity index (χ2n) is 6.89. The van der Waals surface area contributed by atoms with E-state index in [2.05, 4.69) is 25.7 Å². The Balaban J connectivity index is 2.13. The molecule has 118 valence electrons. The molecule has 21 heavy (non-hydrogen) atoms. The Morgan fingerprint density at radius 1 is 1.19 bits per heavy atom. The van der Waals surface area contributed by atoms with Crippen molar-refractivity contribution in [1.82, 2.24) is 0 Å². The van der Waals surface area contributed by atoms with Crippen LogP contribution in [0.3, 0.4) is 0 Å². The van der Waals surface area contributed by atoms with Crippen molar-refractivity contribution < 1.29 is 8.42 Å². The summed E-state index contributed by atoms with van der Waals surface area (Å²) in [6.07, 6.45) is 2.28. The van der Waals surface area contributed by atoms with Gasteiger partial charge in [0.25, 0.3) is 0 Å². The molecule has 1 aromatic carbocycles. The fraction of sp³-hybridized carbons (Fsp3) is 0.600. The summed E-state index contributed by atoms with van der Waals surface area (Å²) >= 11 is 0. The van der Waals surface area contributed by atoms with Gasteiger partial charge in [0.2, 0.25) is 10.0 Å². The highest BCUT2D eigenvalue weighted by molar-refractivity contribution is 7.89. The summed E-state index contributed by atoms with van der Waals surface area (Å²) in [5.74, 6) is 0.717. The summed E-state index contributed by atoms with van der Waals surface area (Å²) in [6.45, 7) is 8.79. The van der Waals surface area contributed by atoms with E-state index in [1.807, 2.05) is 0 Å². The van der Waals surface area contributed by atoms with Crippen molar-refractivity contribution in [3.05, 3.63) is 18.2 Å². The molecule has 1 saturated heterocycles. The number of sulfonamides is 1. The molecule has 1 aromatic rings. The van der Waals surface area contributed by atoms with E-state index < -0.39 is 10.0 Å². The molecule has 2 rings (SSSR count). The third-order valence-electron chi connectivity index (χ3n) is 4.38. The third-order valence-corrected chi connectivity index (χ3v) is 5.37. The van der Waals surface area contributed by atoms with Crippen LogP contribution in [0.5, 0.6) is 0 Å². The molecule has 4 N–H and O–H groups in total. The highest BCUT2D eigenvalue weighted by Crippen LogP contribution is 2.36. The molecule has 0 aliphatic carbocycles. The van der Waals surface area contributed by atoms with E-state index in [4.69, 9.17) is 10.9 Å². The fourth-order valence-electron chi connectivity index (χ4n) is 3.00. The monoisotopic (exact) mass is 311 g/mol. The molecular weight excluding hydrogens is 286 g/mol. The molecule has 0 bridgehead atoms. The van der Waals surface area contributed by atoms with Gasteiger partial charge in [-0.1, -0.05) is 20.8 Å². The minimum absolute atomic E-state index is 0.00386. The first kappa shape index (κ1) is 16.1. The van der Waals surface area contributed by atoms with Crippen molar-refractivity contribution in [3.8, 4) is 0 Å². The summed E-state index contributed by atoms with van der Waals surface area (Å²) in [4.78, 5) is 2.25. The summed E-state index contributed by atoms with van der Waals surface area (Å²) in [6, 6.07) is 4.99. The highest BCUT2D eigenvalue weighted by atomic mass is 32.2. The fourth-order valence-corrected chi connectivity index (χ4v) is 3.64. The smallest absolute Gasteiger partial charge is 0.240 e. The zero-order valence-corrected chi connectivity index (χ0v) is 13.8. The van der Waals surface area contributed by atoms with Gasteiger partial charge < -0.3 is 10.6 Å². The average molecular weight is 311 g/mol. The van der Waals surface area contributed by atoms with Crippen molar-refractivity contribution in [2.24, 2.45) is 16.5 Å². The Hall–Kier alpha value is -1.27. The lowest BCUT2D eigenvalue weighted by Gasteiger charge is -2.39. The number of nitrogen functional groups attached to an aromatic ring is 1. The van der Waals surface area contributed by atoms with E-state index >= 15 is 0 Å². The maximum atomic E-state index is 11.4. The first-order valence-electron chi connectivity index (χ1n) is 7.26. The van der Waals surface area contributed by atoms with Gasteiger partial charge in [-0.15, -0.1) is 0 Å². The predicted molar refractivity (Wildman–Crippen MR) is 86.6 cm³/mol. The van der Waals surface area contributed by atoms with E-state index in [0.717, 1.165) is 37.5 Å². The molecule has 0 radical (unpaired) electrons. The Morgan fingerprint density at radius 2 is 1.76 bits per heavy atom. The Labute approximate surface area is 127 Å². The Morgan fingerprint density at radius 3 is 2.19 bits per heavy atom. The van der Waals surface area contributed by atoms with Crippen LogP contribution in [-0.2, 0) is 10.0 Å². The van der Waals surface area contributed by atoms with Gasteiger partial charge in [-0.3, -0.25) is 0 Å². The van der Waals surface area contributed by atoms with Gasteiger partial charge in [-0.05, 0) is 42.4 Å². The first-order chi connectivity index (χ1) is 9.59. The highest BCUT2D eigenvalue weighted by Gasteiger charge is 2.29. The summed E-state index contributed by atoms with van der Waals surface area (Å²) in [5.41, 5.74) is 7.34. The number of benzene rings is 1. The second-order valence-corrected chi connectivity index (χ2v) is 8.42. The zero-order chi connectivity index (χ0) is 15.8. The van der Waals surface area contributed by atoms with Gasteiger partial charge in [0, 0.05) is 18.8 Å². The van der Waals surface area contributed by atoms with Crippen LogP contribution in [0, 0.1) is 11.3 Å². The number of nitrogens with two attached hydrogens (primary N) is 2. The minimum atomic E-state index is -3.75. The van der Waals surface area contributed by atoms with Crippen molar-refractivity contribution in [1.29, 1.82) is 0 Å². The maximum Gasteiger partial charge on any atom is 0.240 e. The van der Waals surface area contributed by atoms with Gasteiger partial charge in [0.1, 0.15) is 4.90 Å². The van der Waals surface area contributed by atoms with Crippen LogP contribution in [0.25, 0.3) is 0 Å². The zero-order valence-electron chi connectivity index (χ0n) is 13.0. The lowest BCUT2D eigenvalue weighted by molar-refractivity contribution is 0.199. The quantitative estimate of drug-likeness (QED) is 0.819. The lowest BCUT2D eigenvalue weighted by atomic mass is 9.75. The van der Waals surface area contributed by atoms with E-state index in [1.54, 1.807) is 12.1 Å². The molecule has 6 heteroatoms. The largest absolute Gasteiger partial charge is 0.398 e. The molecule has 0 aromatic heterocycles. The molecule has 1 aliphatic heterocycles. The third kappa shape index (κ3) is 3.68. The molecule has 0 amide bonds. The summed E-state index contributed by atoms with van der Waals surface area (Å²) < 4.78 is 22.8. The van der Waals surface area contributed by atoms with Crippen LogP contribution in [-0.4, -0.2) is 21.5 Å². The standard InChI is InChI=1S/C15H25N3O2S/c1-15(2,3)11-6-8-18(9-7-11)12-4-5-14(13(16)10-12)21(17,19)20/h4-5,10-11H,6-9,16H2,1-3H3,(H2,17,19,20). The molecule has 0 atom stereocenters. The molecule has 5 nitrogen and oxygen atoms in total. The van der Waals surface area contributed by atoms with E-state index in [-0.39, 0.29) is 10.6 Å². The SMILES string of the molecule is CC(C)(C)C1CCN(c2ccc(S(N)(=O)=O)c(N)c2)CC1. The molecule has 1 heterocycles. The minimum Gasteiger partial charge on any atom is -0.398 e. The van der Waals surface area contributed by atoms with Crippen LogP contribution in [0.2, 0.25) is 0 Å². The number of nitrogens with zero attached hydrogens (tertiary/aromatic N) is 1. The van der Waals surface area contributed by atoms with Crippen LogP contribution in [0.1, 0.15) is 33.6 Å². The molecule has 0 spiro atoms. The molecular formula is C15H25N3O2S. The Kier molecular flexibility index (Phi) is 4.22. The van der Waals surface area contributed by atoms with E-state index in [1.165, 1.54) is 6.07 Å². The van der Waals surface area contributed by atoms with Crippen molar-refractivity contribution >= 4 is 21.4 Å². The summed E-state index contributed by atoms with van der Waals surface area (Å²) in [7, 11) is -3.75. The molecule has 1 aliphatic rings. The number of hydrogen-bond acceptors (Lipinski definition) is 4. The van der Waals surface area contributed by atoms with Crippen LogP contribution in [0.15, 0.2) is 23.1 Å². The first-order valence-corrected chi connectivity index (χ1v) is 8.81. The number of anilines is 2. The van der Waals surface area contributed by atoms with Gasteiger partial charge in [0.05, 0.1) is 5.69 Å². The number of piperidine rings is 1. The van der Waals surface area contributed by atoms with Crippen LogP contribution < -0.4 is 15.8 Å². The Bertz CT molecular complexity index is 612. The molecule has 1 fully saturated rings. The van der Waals surface area contributed by atoms with Gasteiger partial charge >= 0.3 is 0 Å². The van der Waals surface area contributed by atoms with Crippen LogP contribution >= 0.6 is 0 Å². The van der Waals surface area contributed by atoms with E-state index in [9.17, 15) is 8.42 Å². The van der Waals surface area contributed by atoms with Crippen molar-refractivity contribution in [2.45, 2.75) is 38.5 Å². The second kappa shape index (κ2) is 5.50.